The average molecular weight is 388 g/mol. The van der Waals surface area contributed by atoms with Crippen molar-refractivity contribution in [1.82, 2.24) is 4.90 Å². The molecule has 1 amide bonds. The quantitative estimate of drug-likeness (QED) is 0.625. The van der Waals surface area contributed by atoms with Gasteiger partial charge in [0, 0.05) is 12.2 Å². The molecular formula is C16H15F3N2O6. The second-order valence-corrected chi connectivity index (χ2v) is 5.48. The minimum absolute atomic E-state index is 0.0870. The number of esters is 1. The van der Waals surface area contributed by atoms with Crippen LogP contribution in [0.3, 0.4) is 0 Å². The van der Waals surface area contributed by atoms with Crippen LogP contribution >= 0.6 is 0 Å². The first-order valence-corrected chi connectivity index (χ1v) is 7.53. The number of alkyl halides is 3. The normalized spacial score (nSPS) is 14.6. The number of benzene rings is 1. The molecule has 0 fully saturated rings. The molecule has 0 saturated heterocycles. The summed E-state index contributed by atoms with van der Waals surface area (Å²) in [6, 6.07) is 2.33. The maximum atomic E-state index is 13.1. The summed E-state index contributed by atoms with van der Waals surface area (Å²) < 4.78 is 43.9. The average Bonchev–Trinajstić information content (AvgIpc) is 2.90. The van der Waals surface area contributed by atoms with Crippen molar-refractivity contribution in [2.75, 3.05) is 32.1 Å². The Morgan fingerprint density at radius 1 is 1.33 bits per heavy atom. The number of anilines is 1. The van der Waals surface area contributed by atoms with Crippen LogP contribution < -0.4 is 5.32 Å². The minimum atomic E-state index is -4.94. The monoisotopic (exact) mass is 388 g/mol. The van der Waals surface area contributed by atoms with Crippen LogP contribution in [0.5, 0.6) is 0 Å². The zero-order chi connectivity index (χ0) is 20.4. The van der Waals surface area contributed by atoms with Crippen molar-refractivity contribution in [3.63, 3.8) is 0 Å². The zero-order valence-electron chi connectivity index (χ0n) is 14.0. The van der Waals surface area contributed by atoms with Gasteiger partial charge in [-0.05, 0) is 18.2 Å². The van der Waals surface area contributed by atoms with Gasteiger partial charge in [0.05, 0.1) is 37.0 Å². The predicted octanol–water partition coefficient (Wildman–Crippen LogP) is 1.08. The third kappa shape index (κ3) is 4.19. The lowest BCUT2D eigenvalue weighted by Gasteiger charge is -2.16. The summed E-state index contributed by atoms with van der Waals surface area (Å²) in [6.45, 7) is -0.650. The number of carbonyl (C=O) groups is 3. The molecule has 0 spiro atoms. The number of nitrogens with zero attached hydrogens (tertiary/aromatic N) is 1. The summed E-state index contributed by atoms with van der Waals surface area (Å²) in [5.74, 6) is -3.32. The molecule has 0 atom stereocenters. The van der Waals surface area contributed by atoms with Gasteiger partial charge in [0.25, 0.3) is 5.91 Å². The van der Waals surface area contributed by atoms with Gasteiger partial charge in [0.1, 0.15) is 5.70 Å². The number of ether oxygens (including phenoxy) is 1. The van der Waals surface area contributed by atoms with Gasteiger partial charge in [-0.2, -0.15) is 13.2 Å². The highest BCUT2D eigenvalue weighted by Crippen LogP contribution is 2.34. The first-order chi connectivity index (χ1) is 12.6. The summed E-state index contributed by atoms with van der Waals surface area (Å²) in [7, 11) is 1.08. The molecule has 146 valence electrons. The molecule has 0 aliphatic carbocycles. The number of aromatic carboxylic acids is 1. The number of aliphatic hydroxyl groups excluding tert-OH is 1. The van der Waals surface area contributed by atoms with Crippen LogP contribution in [-0.2, 0) is 20.5 Å². The van der Waals surface area contributed by atoms with E-state index in [2.05, 4.69) is 10.1 Å². The van der Waals surface area contributed by atoms with Crippen LogP contribution in [0.15, 0.2) is 29.5 Å². The Labute approximate surface area is 150 Å². The van der Waals surface area contributed by atoms with Gasteiger partial charge in [-0.1, -0.05) is 0 Å². The number of carboxylic acid groups (broad SMARTS) is 1. The Balaban J connectivity index is 2.45. The van der Waals surface area contributed by atoms with Crippen LogP contribution in [0.25, 0.3) is 0 Å². The molecule has 0 bridgehead atoms. The molecule has 1 heterocycles. The van der Waals surface area contributed by atoms with Crippen molar-refractivity contribution < 1.29 is 42.5 Å². The van der Waals surface area contributed by atoms with E-state index in [0.29, 0.717) is 6.07 Å². The molecule has 0 saturated carbocycles. The van der Waals surface area contributed by atoms with Gasteiger partial charge >= 0.3 is 18.1 Å². The van der Waals surface area contributed by atoms with Crippen LogP contribution in [0.1, 0.15) is 15.9 Å². The van der Waals surface area contributed by atoms with Crippen molar-refractivity contribution in [3.8, 4) is 0 Å². The Morgan fingerprint density at radius 3 is 2.52 bits per heavy atom. The maximum absolute atomic E-state index is 13.1. The summed E-state index contributed by atoms with van der Waals surface area (Å²) in [6.07, 6.45) is -4.94. The number of amides is 1. The number of aliphatic hydroxyl groups is 1. The highest BCUT2D eigenvalue weighted by atomic mass is 19.4. The number of nitrogens with one attached hydrogen (secondary N) is 1. The molecule has 0 aromatic heterocycles. The van der Waals surface area contributed by atoms with Gasteiger partial charge in [0.15, 0.2) is 0 Å². The van der Waals surface area contributed by atoms with Crippen molar-refractivity contribution >= 4 is 23.5 Å². The second kappa shape index (κ2) is 7.66. The number of hydrogen-bond donors (Lipinski definition) is 3. The topological polar surface area (TPSA) is 116 Å². The number of carboxylic acids is 1. The Hall–Kier alpha value is -3.08. The van der Waals surface area contributed by atoms with E-state index in [1.807, 2.05) is 0 Å². The Kier molecular flexibility index (Phi) is 5.74. The van der Waals surface area contributed by atoms with E-state index < -0.39 is 35.1 Å². The van der Waals surface area contributed by atoms with Gasteiger partial charge < -0.3 is 25.2 Å². The third-order valence-corrected chi connectivity index (χ3v) is 3.78. The van der Waals surface area contributed by atoms with Gasteiger partial charge in [0.2, 0.25) is 0 Å². The van der Waals surface area contributed by atoms with Crippen LogP contribution in [0, 0.1) is 0 Å². The number of carbonyl (C=O) groups excluding carboxylic acids is 2. The van der Waals surface area contributed by atoms with Crippen molar-refractivity contribution in [3.05, 3.63) is 40.6 Å². The fourth-order valence-corrected chi connectivity index (χ4v) is 2.54. The summed E-state index contributed by atoms with van der Waals surface area (Å²) in [5, 5.41) is 20.3. The number of methoxy groups -OCH3 is 1. The highest BCUT2D eigenvalue weighted by Gasteiger charge is 2.37. The molecule has 3 N–H and O–H groups in total. The number of β-amino-alcohol motifs (C(OH)–C–C–N with tert-alkyl or cyclic N) is 1. The van der Waals surface area contributed by atoms with E-state index in [4.69, 9.17) is 10.2 Å². The fourth-order valence-electron chi connectivity index (χ4n) is 2.54. The summed E-state index contributed by atoms with van der Waals surface area (Å²) in [4.78, 5) is 36.3. The molecule has 0 radical (unpaired) electrons. The molecule has 1 aliphatic rings. The van der Waals surface area contributed by atoms with Gasteiger partial charge in [-0.25, -0.2) is 9.59 Å². The molecule has 1 aliphatic heterocycles. The SMILES string of the molecule is COC(=O)C1=C(Nc2ccc(C(=O)O)c(C(F)(F)F)c2)C(=O)N(CCO)C1. The van der Waals surface area contributed by atoms with Crippen LogP contribution in [-0.4, -0.2) is 59.8 Å². The number of hydrogen-bond acceptors (Lipinski definition) is 6. The minimum Gasteiger partial charge on any atom is -0.478 e. The molecular weight excluding hydrogens is 373 g/mol. The first-order valence-electron chi connectivity index (χ1n) is 7.53. The second-order valence-electron chi connectivity index (χ2n) is 5.48. The molecule has 11 heteroatoms. The predicted molar refractivity (Wildman–Crippen MR) is 84.7 cm³/mol. The van der Waals surface area contributed by atoms with Crippen molar-refractivity contribution in [2.24, 2.45) is 0 Å². The standard InChI is InChI=1S/C16H15F3N2O6/c1-27-15(26)10-7-21(4-5-22)13(23)12(10)20-8-2-3-9(14(24)25)11(6-8)16(17,18)19/h2-3,6,20,22H,4-5,7H2,1H3,(H,24,25). The van der Waals surface area contributed by atoms with Gasteiger partial charge in [-0.3, -0.25) is 4.79 Å². The Bertz CT molecular complexity index is 819. The van der Waals surface area contributed by atoms with E-state index >= 15 is 0 Å². The Morgan fingerprint density at radius 2 is 2.00 bits per heavy atom. The summed E-state index contributed by atoms with van der Waals surface area (Å²) >= 11 is 0. The largest absolute Gasteiger partial charge is 0.478 e. The van der Waals surface area contributed by atoms with E-state index in [9.17, 15) is 27.6 Å². The summed E-state index contributed by atoms with van der Waals surface area (Å²) in [5.41, 5.74) is -3.01. The zero-order valence-corrected chi connectivity index (χ0v) is 14.0. The van der Waals surface area contributed by atoms with E-state index in [0.717, 1.165) is 24.1 Å². The molecule has 8 nitrogen and oxygen atoms in total. The first kappa shape index (κ1) is 20.2. The lowest BCUT2D eigenvalue weighted by Crippen LogP contribution is -2.31. The lowest BCUT2D eigenvalue weighted by molar-refractivity contribution is -0.138. The molecule has 2 rings (SSSR count). The highest BCUT2D eigenvalue weighted by molar-refractivity contribution is 6.08. The fraction of sp³-hybridized carbons (Fsp3) is 0.312. The number of rotatable bonds is 6. The van der Waals surface area contributed by atoms with Crippen LogP contribution in [0.2, 0.25) is 0 Å². The molecule has 27 heavy (non-hydrogen) atoms. The lowest BCUT2D eigenvalue weighted by atomic mass is 10.1. The molecule has 1 aromatic carbocycles. The van der Waals surface area contributed by atoms with Gasteiger partial charge in [-0.15, -0.1) is 0 Å². The van der Waals surface area contributed by atoms with E-state index in [1.54, 1.807) is 0 Å². The molecule has 0 unspecified atom stereocenters. The smallest absolute Gasteiger partial charge is 0.417 e. The van der Waals surface area contributed by atoms with E-state index in [-0.39, 0.29) is 36.7 Å². The van der Waals surface area contributed by atoms with Crippen molar-refractivity contribution in [2.45, 2.75) is 6.18 Å². The van der Waals surface area contributed by atoms with Crippen molar-refractivity contribution in [1.29, 1.82) is 0 Å². The number of halogens is 3. The van der Waals surface area contributed by atoms with E-state index in [1.165, 1.54) is 0 Å². The van der Waals surface area contributed by atoms with Crippen LogP contribution in [0.4, 0.5) is 18.9 Å². The molecule has 1 aromatic rings. The third-order valence-electron chi connectivity index (χ3n) is 3.78. The maximum Gasteiger partial charge on any atom is 0.417 e.